The molecule has 94 valence electrons. The summed E-state index contributed by atoms with van der Waals surface area (Å²) in [7, 11) is 1.50. The van der Waals surface area contributed by atoms with E-state index < -0.39 is 6.03 Å². The fourth-order valence-electron chi connectivity index (χ4n) is 1.32. The minimum atomic E-state index is -0.468. The van der Waals surface area contributed by atoms with E-state index in [9.17, 15) is 4.79 Å². The SMILES string of the molecule is COc1ccc(Cl)cc1NC(=O)Nc1ccon1. The maximum absolute atomic E-state index is 11.7. The Balaban J connectivity index is 2.08. The summed E-state index contributed by atoms with van der Waals surface area (Å²) in [5.41, 5.74) is 0.464. The van der Waals surface area contributed by atoms with Crippen LogP contribution in [0.4, 0.5) is 16.3 Å². The Morgan fingerprint density at radius 2 is 2.22 bits per heavy atom. The zero-order valence-corrected chi connectivity index (χ0v) is 10.2. The van der Waals surface area contributed by atoms with Crippen LogP contribution in [0.25, 0.3) is 0 Å². The van der Waals surface area contributed by atoms with Crippen LogP contribution in [0.2, 0.25) is 5.02 Å². The van der Waals surface area contributed by atoms with E-state index in [1.807, 2.05) is 0 Å². The summed E-state index contributed by atoms with van der Waals surface area (Å²) in [6, 6.07) is 5.97. The van der Waals surface area contributed by atoms with Crippen LogP contribution in [-0.2, 0) is 0 Å². The van der Waals surface area contributed by atoms with Gasteiger partial charge in [-0.3, -0.25) is 5.32 Å². The van der Waals surface area contributed by atoms with Crippen LogP contribution in [-0.4, -0.2) is 18.3 Å². The molecule has 0 bridgehead atoms. The molecule has 6 nitrogen and oxygen atoms in total. The number of ether oxygens (including phenoxy) is 1. The van der Waals surface area contributed by atoms with Gasteiger partial charge in [0.15, 0.2) is 5.82 Å². The van der Waals surface area contributed by atoms with Gasteiger partial charge in [-0.2, -0.15) is 0 Å². The summed E-state index contributed by atoms with van der Waals surface area (Å²) in [5.74, 6) is 0.822. The van der Waals surface area contributed by atoms with Crippen molar-refractivity contribution in [3.05, 3.63) is 35.6 Å². The monoisotopic (exact) mass is 267 g/mol. The molecule has 2 aromatic rings. The summed E-state index contributed by atoms with van der Waals surface area (Å²) >= 11 is 5.85. The number of methoxy groups -OCH3 is 1. The Morgan fingerprint density at radius 3 is 2.89 bits per heavy atom. The lowest BCUT2D eigenvalue weighted by Gasteiger charge is -2.10. The molecule has 0 fully saturated rings. The first kappa shape index (κ1) is 12.3. The third-order valence-electron chi connectivity index (χ3n) is 2.09. The molecule has 18 heavy (non-hydrogen) atoms. The predicted molar refractivity (Wildman–Crippen MR) is 67.1 cm³/mol. The van der Waals surface area contributed by atoms with Crippen molar-refractivity contribution in [1.29, 1.82) is 0 Å². The highest BCUT2D eigenvalue weighted by molar-refractivity contribution is 6.31. The number of benzene rings is 1. The number of urea groups is 1. The largest absolute Gasteiger partial charge is 0.495 e. The average molecular weight is 268 g/mol. The van der Waals surface area contributed by atoms with Crippen molar-refractivity contribution in [2.75, 3.05) is 17.7 Å². The minimum absolute atomic E-state index is 0.313. The molecule has 0 saturated carbocycles. The number of halogens is 1. The first-order chi connectivity index (χ1) is 8.69. The molecule has 0 aliphatic heterocycles. The molecule has 7 heteroatoms. The molecule has 1 aromatic carbocycles. The van der Waals surface area contributed by atoms with E-state index in [-0.39, 0.29) is 0 Å². The number of hydrogen-bond acceptors (Lipinski definition) is 4. The van der Waals surface area contributed by atoms with Crippen LogP contribution >= 0.6 is 11.6 Å². The van der Waals surface area contributed by atoms with Gasteiger partial charge in [0.2, 0.25) is 0 Å². The van der Waals surface area contributed by atoms with Crippen molar-refractivity contribution in [3.63, 3.8) is 0 Å². The molecule has 0 spiro atoms. The van der Waals surface area contributed by atoms with Crippen LogP contribution in [0.15, 0.2) is 35.1 Å². The summed E-state index contributed by atoms with van der Waals surface area (Å²) in [6.45, 7) is 0. The van der Waals surface area contributed by atoms with Crippen molar-refractivity contribution in [1.82, 2.24) is 5.16 Å². The van der Waals surface area contributed by atoms with Gasteiger partial charge in [-0.05, 0) is 18.2 Å². The molecular formula is C11H10ClN3O3. The Hall–Kier alpha value is -2.21. The molecule has 1 aromatic heterocycles. The second-order valence-corrected chi connectivity index (χ2v) is 3.74. The molecule has 2 N–H and O–H groups in total. The van der Waals surface area contributed by atoms with Gasteiger partial charge in [0, 0.05) is 11.1 Å². The molecule has 0 atom stereocenters. The number of nitrogens with one attached hydrogen (secondary N) is 2. The Morgan fingerprint density at radius 1 is 1.39 bits per heavy atom. The van der Waals surface area contributed by atoms with Crippen LogP contribution in [0.3, 0.4) is 0 Å². The van der Waals surface area contributed by atoms with Crippen molar-refractivity contribution in [2.45, 2.75) is 0 Å². The molecule has 0 unspecified atom stereocenters. The van der Waals surface area contributed by atoms with Gasteiger partial charge in [0.1, 0.15) is 12.0 Å². The zero-order chi connectivity index (χ0) is 13.0. The minimum Gasteiger partial charge on any atom is -0.495 e. The standard InChI is InChI=1S/C11H10ClN3O3/c1-17-9-3-2-7(12)6-8(9)13-11(16)14-10-4-5-18-15-10/h2-6H,1H3,(H2,13,14,15,16). The highest BCUT2D eigenvalue weighted by Crippen LogP contribution is 2.27. The molecule has 2 amide bonds. The normalized spacial score (nSPS) is 9.89. The quantitative estimate of drug-likeness (QED) is 0.896. The average Bonchev–Trinajstić information content (AvgIpc) is 2.82. The van der Waals surface area contributed by atoms with Gasteiger partial charge in [-0.15, -0.1) is 0 Å². The number of carbonyl (C=O) groups is 1. The smallest absolute Gasteiger partial charge is 0.325 e. The van der Waals surface area contributed by atoms with E-state index >= 15 is 0 Å². The maximum Gasteiger partial charge on any atom is 0.325 e. The fourth-order valence-corrected chi connectivity index (χ4v) is 1.50. The maximum atomic E-state index is 11.7. The third-order valence-corrected chi connectivity index (χ3v) is 2.32. The number of nitrogens with zero attached hydrogens (tertiary/aromatic N) is 1. The lowest BCUT2D eigenvalue weighted by atomic mass is 10.3. The van der Waals surface area contributed by atoms with E-state index in [0.717, 1.165) is 0 Å². The van der Waals surface area contributed by atoms with E-state index in [2.05, 4.69) is 20.3 Å². The van der Waals surface area contributed by atoms with Gasteiger partial charge in [0.05, 0.1) is 12.8 Å². The Labute approximate surface area is 108 Å². The summed E-state index contributed by atoms with van der Waals surface area (Å²) in [4.78, 5) is 11.7. The van der Waals surface area contributed by atoms with Crippen molar-refractivity contribution in [3.8, 4) is 5.75 Å². The van der Waals surface area contributed by atoms with Crippen LogP contribution in [0, 0.1) is 0 Å². The second-order valence-electron chi connectivity index (χ2n) is 3.31. The van der Waals surface area contributed by atoms with Crippen LogP contribution in [0.5, 0.6) is 5.75 Å². The summed E-state index contributed by atoms with van der Waals surface area (Å²) < 4.78 is 9.69. The predicted octanol–water partition coefficient (Wildman–Crippen LogP) is 2.98. The zero-order valence-electron chi connectivity index (χ0n) is 9.44. The summed E-state index contributed by atoms with van der Waals surface area (Å²) in [6.07, 6.45) is 1.36. The number of carbonyl (C=O) groups excluding carboxylic acids is 1. The van der Waals surface area contributed by atoms with Gasteiger partial charge in [0.25, 0.3) is 0 Å². The molecule has 0 radical (unpaired) electrons. The lowest BCUT2D eigenvalue weighted by Crippen LogP contribution is -2.19. The van der Waals surface area contributed by atoms with Crippen molar-refractivity contribution < 1.29 is 14.1 Å². The van der Waals surface area contributed by atoms with Gasteiger partial charge in [-0.1, -0.05) is 16.8 Å². The summed E-state index contributed by atoms with van der Waals surface area (Å²) in [5, 5.41) is 9.13. The number of rotatable bonds is 3. The van der Waals surface area contributed by atoms with Crippen molar-refractivity contribution in [2.24, 2.45) is 0 Å². The van der Waals surface area contributed by atoms with Gasteiger partial charge >= 0.3 is 6.03 Å². The third kappa shape index (κ3) is 2.92. The Kier molecular flexibility index (Phi) is 3.69. The van der Waals surface area contributed by atoms with Gasteiger partial charge < -0.3 is 14.6 Å². The number of anilines is 2. The number of hydrogen-bond donors (Lipinski definition) is 2. The molecule has 0 aliphatic carbocycles. The molecule has 0 saturated heterocycles. The van der Waals surface area contributed by atoms with Crippen LogP contribution in [0.1, 0.15) is 0 Å². The first-order valence-corrected chi connectivity index (χ1v) is 5.39. The lowest BCUT2D eigenvalue weighted by molar-refractivity contribution is 0.261. The van der Waals surface area contributed by atoms with E-state index in [1.165, 1.54) is 19.4 Å². The van der Waals surface area contributed by atoms with E-state index in [1.54, 1.807) is 18.2 Å². The molecule has 1 heterocycles. The highest BCUT2D eigenvalue weighted by Gasteiger charge is 2.09. The topological polar surface area (TPSA) is 76.4 Å². The van der Waals surface area contributed by atoms with Gasteiger partial charge in [-0.25, -0.2) is 4.79 Å². The Bertz CT molecular complexity index is 542. The number of amides is 2. The fraction of sp³-hybridized carbons (Fsp3) is 0.0909. The van der Waals surface area contributed by atoms with E-state index in [0.29, 0.717) is 22.3 Å². The molecule has 2 rings (SSSR count). The van der Waals surface area contributed by atoms with Crippen LogP contribution < -0.4 is 15.4 Å². The van der Waals surface area contributed by atoms with Crippen molar-refractivity contribution >= 4 is 29.1 Å². The first-order valence-electron chi connectivity index (χ1n) is 5.01. The molecular weight excluding hydrogens is 258 g/mol. The molecule has 0 aliphatic rings. The number of aromatic nitrogens is 1. The highest BCUT2D eigenvalue weighted by atomic mass is 35.5. The second kappa shape index (κ2) is 5.42. The van der Waals surface area contributed by atoms with E-state index in [4.69, 9.17) is 16.3 Å².